The molecule has 0 saturated heterocycles. The fraction of sp³-hybridized carbons (Fsp3) is 0. The molecule has 2 rings (SSSR count). The van der Waals surface area contributed by atoms with E-state index in [1.54, 1.807) is 24.5 Å². The van der Waals surface area contributed by atoms with Crippen molar-refractivity contribution in [3.8, 4) is 11.1 Å². The Morgan fingerprint density at radius 1 is 0.833 bits per heavy atom. The summed E-state index contributed by atoms with van der Waals surface area (Å²) in [6.07, 6.45) is 6.17. The molecular weight excluding hydrogens is 148 g/mol. The molecule has 0 aromatic carbocycles. The van der Waals surface area contributed by atoms with Gasteiger partial charge in [0, 0.05) is 24.8 Å². The number of rotatable bonds is 1. The smallest absolute Gasteiger partial charge is 0.0646 e. The van der Waals surface area contributed by atoms with Crippen molar-refractivity contribution >= 4 is 0 Å². The van der Waals surface area contributed by atoms with Crippen LogP contribution in [0.15, 0.2) is 49.0 Å². The summed E-state index contributed by atoms with van der Waals surface area (Å²) < 4.78 is 15.3. The Hall–Kier alpha value is -1.70. The van der Waals surface area contributed by atoms with Gasteiger partial charge in [0.1, 0.15) is 0 Å². The minimum absolute atomic E-state index is 0.326. The number of hydrogen-bond acceptors (Lipinski definition) is 2. The third kappa shape index (κ3) is 1.32. The van der Waals surface area contributed by atoms with Gasteiger partial charge in [0.25, 0.3) is 0 Å². The largest absolute Gasteiger partial charge is 0.265 e. The lowest BCUT2D eigenvalue weighted by molar-refractivity contribution is 1.31. The third-order valence-corrected chi connectivity index (χ3v) is 1.53. The Kier molecular flexibility index (Phi) is 1.31. The van der Waals surface area contributed by atoms with Crippen molar-refractivity contribution in [1.82, 2.24) is 9.97 Å². The summed E-state index contributed by atoms with van der Waals surface area (Å²) in [5, 5.41) is 0. The molecule has 2 heterocycles. The highest BCUT2D eigenvalue weighted by molar-refractivity contribution is 5.61. The van der Waals surface area contributed by atoms with Crippen LogP contribution in [-0.4, -0.2) is 9.97 Å². The summed E-state index contributed by atoms with van der Waals surface area (Å²) in [5.41, 5.74) is 1.43. The molecule has 2 heteroatoms. The molecule has 0 atom stereocenters. The van der Waals surface area contributed by atoms with Crippen molar-refractivity contribution in [3.63, 3.8) is 0 Å². The van der Waals surface area contributed by atoms with E-state index in [9.17, 15) is 0 Å². The van der Waals surface area contributed by atoms with E-state index in [0.29, 0.717) is 23.2 Å². The van der Waals surface area contributed by atoms with E-state index in [4.69, 9.17) is 2.74 Å². The molecule has 0 aliphatic heterocycles. The van der Waals surface area contributed by atoms with Crippen molar-refractivity contribution in [1.29, 1.82) is 0 Å². The summed E-state index contributed by atoms with van der Waals surface area (Å²) >= 11 is 0. The SMILES string of the molecule is [2H]c1cnccc1-c1ccncc1[2H]. The number of nitrogens with zero attached hydrogens (tertiary/aromatic N) is 2. The summed E-state index contributed by atoms with van der Waals surface area (Å²) in [5.74, 6) is 0. The van der Waals surface area contributed by atoms with Crippen LogP contribution in [0.4, 0.5) is 0 Å². The van der Waals surface area contributed by atoms with Gasteiger partial charge in [0.15, 0.2) is 0 Å². The Morgan fingerprint density at radius 2 is 1.33 bits per heavy atom. The van der Waals surface area contributed by atoms with Gasteiger partial charge in [-0.1, -0.05) is 0 Å². The first kappa shape index (κ1) is 5.04. The van der Waals surface area contributed by atoms with Crippen LogP contribution in [0.2, 0.25) is 0 Å². The van der Waals surface area contributed by atoms with E-state index < -0.39 is 0 Å². The van der Waals surface area contributed by atoms with Gasteiger partial charge in [-0.3, -0.25) is 9.97 Å². The number of aromatic nitrogens is 2. The molecule has 0 aliphatic rings. The quantitative estimate of drug-likeness (QED) is 0.635. The van der Waals surface area contributed by atoms with Crippen molar-refractivity contribution < 1.29 is 2.74 Å². The van der Waals surface area contributed by atoms with Crippen LogP contribution in [0.5, 0.6) is 0 Å². The summed E-state index contributed by atoms with van der Waals surface area (Å²) in [4.78, 5) is 7.67. The average Bonchev–Trinajstić information content (AvgIpc) is 2.20. The highest BCUT2D eigenvalue weighted by atomic mass is 14.6. The van der Waals surface area contributed by atoms with Gasteiger partial charge in [-0.05, 0) is 35.3 Å². The highest BCUT2D eigenvalue weighted by Crippen LogP contribution is 2.15. The molecule has 0 aliphatic carbocycles. The normalized spacial score (nSPS) is 12.0. The van der Waals surface area contributed by atoms with Gasteiger partial charge >= 0.3 is 0 Å². The van der Waals surface area contributed by atoms with Crippen LogP contribution in [0.3, 0.4) is 0 Å². The van der Waals surface area contributed by atoms with Gasteiger partial charge < -0.3 is 0 Å². The molecule has 0 spiro atoms. The number of pyridine rings is 2. The molecule has 0 fully saturated rings. The second kappa shape index (κ2) is 3.13. The molecule has 0 bridgehead atoms. The molecule has 2 nitrogen and oxygen atoms in total. The monoisotopic (exact) mass is 158 g/mol. The van der Waals surface area contributed by atoms with Gasteiger partial charge in [-0.15, -0.1) is 0 Å². The van der Waals surface area contributed by atoms with Crippen molar-refractivity contribution in [2.24, 2.45) is 0 Å². The maximum absolute atomic E-state index is 7.64. The Labute approximate surface area is 73.7 Å². The van der Waals surface area contributed by atoms with Crippen LogP contribution < -0.4 is 0 Å². The van der Waals surface area contributed by atoms with Gasteiger partial charge in [-0.2, -0.15) is 0 Å². The minimum Gasteiger partial charge on any atom is -0.265 e. The molecule has 0 saturated carbocycles. The lowest BCUT2D eigenvalue weighted by Gasteiger charge is -1.97. The van der Waals surface area contributed by atoms with Crippen LogP contribution in [-0.2, 0) is 0 Å². The van der Waals surface area contributed by atoms with Crippen molar-refractivity contribution in [2.45, 2.75) is 0 Å². The summed E-state index contributed by atoms with van der Waals surface area (Å²) in [6, 6.07) is 4.12. The van der Waals surface area contributed by atoms with E-state index >= 15 is 0 Å². The van der Waals surface area contributed by atoms with Crippen molar-refractivity contribution in [2.75, 3.05) is 0 Å². The molecule has 0 amide bonds. The van der Waals surface area contributed by atoms with E-state index in [2.05, 4.69) is 9.97 Å². The number of hydrogen-bond donors (Lipinski definition) is 0. The second-order valence-corrected chi connectivity index (χ2v) is 2.30. The molecule has 12 heavy (non-hydrogen) atoms. The molecule has 0 radical (unpaired) electrons. The van der Waals surface area contributed by atoms with E-state index in [0.717, 1.165) is 0 Å². The zero-order valence-electron chi connectivity index (χ0n) is 8.36. The second-order valence-electron chi connectivity index (χ2n) is 2.30. The van der Waals surface area contributed by atoms with Crippen LogP contribution in [0.1, 0.15) is 2.74 Å². The van der Waals surface area contributed by atoms with Gasteiger partial charge in [0.2, 0.25) is 0 Å². The van der Waals surface area contributed by atoms with E-state index in [1.165, 1.54) is 12.4 Å². The zero-order chi connectivity index (χ0) is 9.97. The Bertz CT molecular complexity index is 414. The van der Waals surface area contributed by atoms with Gasteiger partial charge in [-0.25, -0.2) is 0 Å². The third-order valence-electron chi connectivity index (χ3n) is 1.53. The van der Waals surface area contributed by atoms with E-state index in [1.807, 2.05) is 0 Å². The molecule has 0 N–H and O–H groups in total. The van der Waals surface area contributed by atoms with Crippen LogP contribution >= 0.6 is 0 Å². The molecule has 2 aromatic rings. The summed E-state index contributed by atoms with van der Waals surface area (Å²) in [6.45, 7) is 0. The van der Waals surface area contributed by atoms with E-state index in [-0.39, 0.29) is 0 Å². The van der Waals surface area contributed by atoms with Crippen LogP contribution in [0, 0.1) is 0 Å². The average molecular weight is 158 g/mol. The Balaban J connectivity index is 2.61. The first-order valence-corrected chi connectivity index (χ1v) is 3.60. The summed E-state index contributed by atoms with van der Waals surface area (Å²) in [7, 11) is 0. The predicted octanol–water partition coefficient (Wildman–Crippen LogP) is 2.14. The Morgan fingerprint density at radius 3 is 1.75 bits per heavy atom. The fourth-order valence-electron chi connectivity index (χ4n) is 0.966. The maximum Gasteiger partial charge on any atom is 0.0646 e. The maximum atomic E-state index is 7.64. The molecule has 0 unspecified atom stereocenters. The minimum atomic E-state index is 0.326. The predicted molar refractivity (Wildman–Crippen MR) is 47.5 cm³/mol. The molecular formula is C10H8N2. The molecule has 58 valence electrons. The van der Waals surface area contributed by atoms with Crippen molar-refractivity contribution in [3.05, 3.63) is 49.0 Å². The first-order valence-electron chi connectivity index (χ1n) is 4.60. The zero-order valence-corrected chi connectivity index (χ0v) is 6.36. The fourth-order valence-corrected chi connectivity index (χ4v) is 0.966. The standard InChI is InChI=1S/C10H8N2/c1-5-11-6-2-9(1)10-3-7-12-8-4-10/h1-8H/i1D,3D. The molecule has 2 aromatic heterocycles. The van der Waals surface area contributed by atoms with Crippen LogP contribution in [0.25, 0.3) is 11.1 Å². The topological polar surface area (TPSA) is 25.8 Å². The lowest BCUT2D eigenvalue weighted by Crippen LogP contribution is -1.77. The lowest BCUT2D eigenvalue weighted by atomic mass is 10.1. The first-order chi connectivity index (χ1) is 6.79. The highest BCUT2D eigenvalue weighted by Gasteiger charge is 1.92. The van der Waals surface area contributed by atoms with Gasteiger partial charge in [0.05, 0.1) is 2.74 Å².